The topological polar surface area (TPSA) is 45.8 Å². The van der Waals surface area contributed by atoms with Gasteiger partial charge in [-0.15, -0.1) is 11.3 Å². The zero-order valence-corrected chi connectivity index (χ0v) is 19.2. The monoisotopic (exact) mass is 446 g/mol. The lowest BCUT2D eigenvalue weighted by Gasteiger charge is -2.33. The lowest BCUT2D eigenvalue weighted by Crippen LogP contribution is -2.42. The quantitative estimate of drug-likeness (QED) is 0.483. The SMILES string of the molecule is CCc1oc(-c2cc(Cl)c(C3(C)CS(=O)N(C)C(C)=N3)s2)cc1-c1ccccc1. The number of halogens is 1. The van der Waals surface area contributed by atoms with E-state index in [1.54, 1.807) is 22.7 Å². The van der Waals surface area contributed by atoms with Crippen molar-refractivity contribution in [2.24, 2.45) is 4.99 Å². The zero-order valence-electron chi connectivity index (χ0n) is 16.9. The van der Waals surface area contributed by atoms with Crippen molar-refractivity contribution in [2.75, 3.05) is 12.8 Å². The third kappa shape index (κ3) is 3.69. The summed E-state index contributed by atoms with van der Waals surface area (Å²) in [5.41, 5.74) is 1.64. The second-order valence-electron chi connectivity index (χ2n) is 7.35. The van der Waals surface area contributed by atoms with Crippen molar-refractivity contribution in [3.63, 3.8) is 0 Å². The van der Waals surface area contributed by atoms with E-state index in [0.29, 0.717) is 10.8 Å². The molecule has 1 aliphatic rings. The number of aryl methyl sites for hydroxylation is 1. The number of benzene rings is 1. The van der Waals surface area contributed by atoms with Crippen molar-refractivity contribution < 1.29 is 8.63 Å². The second-order valence-corrected chi connectivity index (χ2v) is 10.3. The molecule has 152 valence electrons. The van der Waals surface area contributed by atoms with E-state index in [2.05, 4.69) is 25.1 Å². The Labute approximate surface area is 182 Å². The smallest absolute Gasteiger partial charge is 0.144 e. The van der Waals surface area contributed by atoms with Crippen LogP contribution in [0.3, 0.4) is 0 Å². The Morgan fingerprint density at radius 1 is 1.31 bits per heavy atom. The molecule has 2 unspecified atom stereocenters. The van der Waals surface area contributed by atoms with Crippen LogP contribution in [0, 0.1) is 0 Å². The molecular formula is C22H23ClN2O2S2. The first-order valence-electron chi connectivity index (χ1n) is 9.49. The molecule has 0 saturated heterocycles. The van der Waals surface area contributed by atoms with Gasteiger partial charge in [-0.2, -0.15) is 0 Å². The number of hydrogen-bond donors (Lipinski definition) is 0. The Kier molecular flexibility index (Phi) is 5.44. The standard InChI is InChI=1S/C22H23ClN2O2S2/c1-5-18-16(15-9-7-6-8-10-15)11-19(27-18)20-12-17(23)21(28-20)22(3)13-29(26)25(4)14(2)24-22/h6-12H,5,13H2,1-4H3. The highest BCUT2D eigenvalue weighted by Gasteiger charge is 2.38. The van der Waals surface area contributed by atoms with Crippen LogP contribution in [0.15, 0.2) is 51.9 Å². The highest BCUT2D eigenvalue weighted by atomic mass is 35.5. The van der Waals surface area contributed by atoms with E-state index >= 15 is 0 Å². The number of hydrogen-bond acceptors (Lipinski definition) is 4. The minimum Gasteiger partial charge on any atom is -0.460 e. The van der Waals surface area contributed by atoms with Gasteiger partial charge in [-0.1, -0.05) is 48.9 Å². The molecule has 1 aliphatic heterocycles. The minimum absolute atomic E-state index is 0.411. The molecule has 0 saturated carbocycles. The van der Waals surface area contributed by atoms with Gasteiger partial charge in [0.1, 0.15) is 33.9 Å². The summed E-state index contributed by atoms with van der Waals surface area (Å²) in [6, 6.07) is 14.3. The molecule has 1 aromatic carbocycles. The van der Waals surface area contributed by atoms with Gasteiger partial charge < -0.3 is 4.42 Å². The third-order valence-corrected chi connectivity index (χ3v) is 8.71. The van der Waals surface area contributed by atoms with Crippen LogP contribution in [-0.4, -0.2) is 27.2 Å². The van der Waals surface area contributed by atoms with Gasteiger partial charge in [0.05, 0.1) is 20.5 Å². The molecule has 4 rings (SSSR count). The summed E-state index contributed by atoms with van der Waals surface area (Å²) >= 11 is 8.20. The summed E-state index contributed by atoms with van der Waals surface area (Å²) in [5, 5.41) is 0.640. The van der Waals surface area contributed by atoms with E-state index in [9.17, 15) is 4.21 Å². The van der Waals surface area contributed by atoms with Gasteiger partial charge in [0.2, 0.25) is 0 Å². The molecule has 0 aliphatic carbocycles. The molecular weight excluding hydrogens is 424 g/mol. The molecule has 0 spiro atoms. The van der Waals surface area contributed by atoms with Crippen LogP contribution < -0.4 is 0 Å². The van der Waals surface area contributed by atoms with Gasteiger partial charge in [-0.3, -0.25) is 9.30 Å². The minimum atomic E-state index is -1.13. The Balaban J connectivity index is 1.76. The Morgan fingerprint density at radius 2 is 2.03 bits per heavy atom. The molecule has 3 aromatic rings. The lowest BCUT2D eigenvalue weighted by atomic mass is 10.0. The molecule has 2 aromatic heterocycles. The van der Waals surface area contributed by atoms with Crippen molar-refractivity contribution in [1.82, 2.24) is 4.31 Å². The van der Waals surface area contributed by atoms with Crippen molar-refractivity contribution >= 4 is 39.8 Å². The predicted octanol–water partition coefficient (Wildman–Crippen LogP) is 6.13. The number of nitrogens with zero attached hydrogens (tertiary/aromatic N) is 2. The van der Waals surface area contributed by atoms with E-state index in [4.69, 9.17) is 21.0 Å². The van der Waals surface area contributed by atoms with Crippen molar-refractivity contribution in [3.05, 3.63) is 58.1 Å². The van der Waals surface area contributed by atoms with Gasteiger partial charge in [0.25, 0.3) is 0 Å². The summed E-state index contributed by atoms with van der Waals surface area (Å²) in [6.45, 7) is 5.97. The molecule has 29 heavy (non-hydrogen) atoms. The fraction of sp³-hybridized carbons (Fsp3) is 0.318. The number of furan rings is 1. The van der Waals surface area contributed by atoms with Gasteiger partial charge in [-0.25, -0.2) is 4.21 Å². The third-order valence-electron chi connectivity index (χ3n) is 5.21. The summed E-state index contributed by atoms with van der Waals surface area (Å²) in [7, 11) is 0.675. The maximum Gasteiger partial charge on any atom is 0.144 e. The van der Waals surface area contributed by atoms with E-state index < -0.39 is 16.5 Å². The molecule has 0 fully saturated rings. The molecule has 3 heterocycles. The van der Waals surface area contributed by atoms with E-state index in [1.807, 2.05) is 38.1 Å². The van der Waals surface area contributed by atoms with Gasteiger partial charge in [-0.05, 0) is 31.5 Å². The Hall–Kier alpha value is -1.89. The van der Waals surface area contributed by atoms with Crippen LogP contribution in [0.4, 0.5) is 0 Å². The Morgan fingerprint density at radius 3 is 2.69 bits per heavy atom. The number of aliphatic imine (C=N–C) groups is 1. The van der Waals surface area contributed by atoms with E-state index in [-0.39, 0.29) is 0 Å². The Bertz CT molecular complexity index is 1100. The molecule has 0 amide bonds. The molecule has 0 bridgehead atoms. The van der Waals surface area contributed by atoms with Gasteiger partial charge >= 0.3 is 0 Å². The largest absolute Gasteiger partial charge is 0.460 e. The van der Waals surface area contributed by atoms with E-state index in [1.165, 1.54) is 0 Å². The van der Waals surface area contributed by atoms with Crippen molar-refractivity contribution in [1.29, 1.82) is 0 Å². The predicted molar refractivity (Wildman–Crippen MR) is 123 cm³/mol. The van der Waals surface area contributed by atoms with E-state index in [0.717, 1.165) is 44.7 Å². The maximum atomic E-state index is 12.5. The van der Waals surface area contributed by atoms with Crippen molar-refractivity contribution in [3.8, 4) is 21.8 Å². The zero-order chi connectivity index (χ0) is 20.8. The van der Waals surface area contributed by atoms with Crippen LogP contribution in [0.1, 0.15) is 31.4 Å². The first-order valence-corrected chi connectivity index (χ1v) is 12.0. The normalized spacial score (nSPS) is 22.0. The van der Waals surface area contributed by atoms with Crippen molar-refractivity contribution in [2.45, 2.75) is 32.7 Å². The molecule has 4 nitrogen and oxygen atoms in total. The number of amidine groups is 1. The van der Waals surface area contributed by atoms with Crippen LogP contribution >= 0.6 is 22.9 Å². The van der Waals surface area contributed by atoms with Gasteiger partial charge in [0.15, 0.2) is 0 Å². The van der Waals surface area contributed by atoms with Gasteiger partial charge in [0, 0.05) is 19.0 Å². The highest BCUT2D eigenvalue weighted by Crippen LogP contribution is 2.45. The van der Waals surface area contributed by atoms with Crippen LogP contribution in [0.25, 0.3) is 21.8 Å². The molecule has 2 atom stereocenters. The molecule has 0 radical (unpaired) electrons. The molecule has 0 N–H and O–H groups in total. The van der Waals surface area contributed by atoms with Crippen LogP contribution in [0.2, 0.25) is 5.02 Å². The lowest BCUT2D eigenvalue weighted by molar-refractivity contribution is 0.526. The fourth-order valence-electron chi connectivity index (χ4n) is 3.59. The first kappa shape index (κ1) is 20.4. The highest BCUT2D eigenvalue weighted by molar-refractivity contribution is 7.83. The summed E-state index contributed by atoms with van der Waals surface area (Å²) in [6.07, 6.45) is 0.808. The number of thiophene rings is 1. The first-order chi connectivity index (χ1) is 13.8. The average molecular weight is 447 g/mol. The summed E-state index contributed by atoms with van der Waals surface area (Å²) < 4.78 is 20.4. The average Bonchev–Trinajstić information content (AvgIpc) is 3.30. The fourth-order valence-corrected chi connectivity index (χ4v) is 6.49. The number of rotatable bonds is 4. The van der Waals surface area contributed by atoms with Crippen LogP contribution in [0.5, 0.6) is 0 Å². The summed E-state index contributed by atoms with van der Waals surface area (Å²) in [4.78, 5) is 6.70. The summed E-state index contributed by atoms with van der Waals surface area (Å²) in [5.74, 6) is 2.92. The molecule has 7 heteroatoms. The van der Waals surface area contributed by atoms with Crippen LogP contribution in [-0.2, 0) is 22.9 Å². The second kappa shape index (κ2) is 7.74. The maximum absolute atomic E-state index is 12.5.